The predicted molar refractivity (Wildman–Crippen MR) is 217 cm³/mol. The van der Waals surface area contributed by atoms with Crippen LogP contribution in [0.25, 0.3) is 0 Å². The molecule has 0 heteroatoms. The summed E-state index contributed by atoms with van der Waals surface area (Å²) in [5, 5.41) is 0. The lowest BCUT2D eigenvalue weighted by Gasteiger charge is -2.18. The Labute approximate surface area is 284 Å². The molecule has 6 aliphatic rings. The van der Waals surface area contributed by atoms with Gasteiger partial charge in [0.15, 0.2) is 0 Å². The van der Waals surface area contributed by atoms with Crippen molar-refractivity contribution in [2.45, 2.75) is 273 Å². The van der Waals surface area contributed by atoms with Gasteiger partial charge in [-0.3, -0.25) is 0 Å². The Morgan fingerprint density at radius 2 is 0.279 bits per heavy atom. The van der Waals surface area contributed by atoms with Gasteiger partial charge in [-0.2, -0.15) is 0 Å². The second-order valence-corrected chi connectivity index (χ2v) is 9.38. The van der Waals surface area contributed by atoms with E-state index < -0.39 is 0 Å². The van der Waals surface area contributed by atoms with Gasteiger partial charge in [-0.25, -0.2) is 0 Å². The second kappa shape index (κ2) is 96.8. The van der Waals surface area contributed by atoms with Crippen molar-refractivity contribution < 1.29 is 0 Å². The average Bonchev–Trinajstić information content (AvgIpc) is 3.76. The normalized spacial score (nSPS) is 15.6. The highest BCUT2D eigenvalue weighted by molar-refractivity contribution is 4.65. The molecule has 6 aliphatic carbocycles. The summed E-state index contributed by atoms with van der Waals surface area (Å²) in [6.45, 7) is 40.6. The lowest BCUT2D eigenvalue weighted by atomic mass is 9.88. The SMILES string of the molecule is C1CCC1.C1CCC1.C1CCC1.C1CCC1.CC.CC.CC.CC.CC.CC.CC.CC.CC.CC1CC1.CC1CCC1. The number of rotatable bonds is 0. The maximum atomic E-state index is 2.31. The lowest BCUT2D eigenvalue weighted by Crippen LogP contribution is -2.04. The van der Waals surface area contributed by atoms with Gasteiger partial charge in [0.25, 0.3) is 0 Å². The summed E-state index contributed by atoms with van der Waals surface area (Å²) in [7, 11) is 0. The van der Waals surface area contributed by atoms with Crippen LogP contribution in [0.2, 0.25) is 0 Å². The Bertz CT molecular complexity index is 185. The predicted octanol–water partition coefficient (Wildman–Crippen LogP) is 18.7. The standard InChI is InChI=1S/C5H10.5C4H8.9C2H6/c1-5-3-2-4-5;1-4-2-3-4;4*1-2-4-3-1;9*1-2/h5H,2-4H2,1H3;4H,2-3H2,1H3;4*1-4H2;9*1-2H3. The molecule has 0 spiro atoms. The third-order valence-electron chi connectivity index (χ3n) is 6.26. The van der Waals surface area contributed by atoms with Crippen LogP contribution in [0.15, 0.2) is 0 Å². The Kier molecular flexibility index (Phi) is 148. The molecule has 276 valence electrons. The molecule has 6 fully saturated rings. The molecule has 0 heterocycles. The van der Waals surface area contributed by atoms with Gasteiger partial charge in [-0.1, -0.05) is 273 Å². The highest BCUT2D eigenvalue weighted by Gasteiger charge is 2.12. The zero-order chi connectivity index (χ0) is 36.0. The molecule has 6 saturated carbocycles. The van der Waals surface area contributed by atoms with Crippen LogP contribution in [0.5, 0.6) is 0 Å². The van der Waals surface area contributed by atoms with Crippen molar-refractivity contribution in [3.8, 4) is 0 Å². The van der Waals surface area contributed by atoms with Crippen LogP contribution in [-0.4, -0.2) is 0 Å². The molecule has 0 nitrogen and oxygen atoms in total. The first kappa shape index (κ1) is 65.6. The summed E-state index contributed by atoms with van der Waals surface area (Å²) in [5.74, 6) is 2.15. The largest absolute Gasteiger partial charge is 0.0683 e. The summed E-state index contributed by atoms with van der Waals surface area (Å²) in [6, 6.07) is 0. The van der Waals surface area contributed by atoms with E-state index in [-0.39, 0.29) is 0 Å². The van der Waals surface area contributed by atoms with Crippen LogP contribution in [0.1, 0.15) is 273 Å². The van der Waals surface area contributed by atoms with Gasteiger partial charge >= 0.3 is 0 Å². The molecule has 0 radical (unpaired) electrons. The Morgan fingerprint density at radius 3 is 0.279 bits per heavy atom. The summed E-state index contributed by atoms with van der Waals surface area (Å²) in [5.41, 5.74) is 0. The zero-order valence-corrected chi connectivity index (χ0v) is 36.0. The molecule has 0 aromatic rings. The fourth-order valence-corrected chi connectivity index (χ4v) is 1.78. The topological polar surface area (TPSA) is 0 Å². The quantitative estimate of drug-likeness (QED) is 0.253. The minimum Gasteiger partial charge on any atom is -0.0683 e. The summed E-state index contributed by atoms with van der Waals surface area (Å²) < 4.78 is 0. The third kappa shape index (κ3) is 108. The molecule has 43 heavy (non-hydrogen) atoms. The van der Waals surface area contributed by atoms with E-state index in [2.05, 4.69) is 13.8 Å². The van der Waals surface area contributed by atoms with Crippen molar-refractivity contribution in [1.29, 1.82) is 0 Å². The maximum Gasteiger partial charge on any atom is -0.0443 e. The fourth-order valence-electron chi connectivity index (χ4n) is 1.78. The van der Waals surface area contributed by atoms with E-state index in [0.717, 1.165) is 11.8 Å². The first-order valence-electron chi connectivity index (χ1n) is 21.3. The highest BCUT2D eigenvalue weighted by Crippen LogP contribution is 2.26. The molecule has 0 N–H and O–H groups in total. The zero-order valence-electron chi connectivity index (χ0n) is 36.0. The molecule has 0 amide bonds. The van der Waals surface area contributed by atoms with E-state index in [1.54, 1.807) is 0 Å². The van der Waals surface area contributed by atoms with Crippen LogP contribution >= 0.6 is 0 Å². The summed E-state index contributed by atoms with van der Waals surface area (Å²) >= 11 is 0. The molecule has 0 aromatic carbocycles. The van der Waals surface area contributed by atoms with Crippen molar-refractivity contribution >= 4 is 0 Å². The number of hydrogen-bond acceptors (Lipinski definition) is 0. The molecule has 0 unspecified atom stereocenters. The van der Waals surface area contributed by atoms with Crippen molar-refractivity contribution in [2.75, 3.05) is 0 Å². The molecule has 6 rings (SSSR count). The number of hydrogen-bond donors (Lipinski definition) is 0. The van der Waals surface area contributed by atoms with Gasteiger partial charge in [0.05, 0.1) is 0 Å². The van der Waals surface area contributed by atoms with Gasteiger partial charge in [0.2, 0.25) is 0 Å². The van der Waals surface area contributed by atoms with Crippen LogP contribution in [0.4, 0.5) is 0 Å². The van der Waals surface area contributed by atoms with Crippen molar-refractivity contribution in [3.05, 3.63) is 0 Å². The lowest BCUT2D eigenvalue weighted by molar-refractivity contribution is 0.346. The van der Waals surface area contributed by atoms with Crippen LogP contribution in [-0.2, 0) is 0 Å². The third-order valence-corrected chi connectivity index (χ3v) is 6.26. The molecule has 0 atom stereocenters. The van der Waals surface area contributed by atoms with E-state index >= 15 is 0 Å². The Morgan fingerprint density at radius 1 is 0.186 bits per heavy atom. The molecule has 0 aliphatic heterocycles. The fraction of sp³-hybridized carbons (Fsp3) is 1.00. The van der Waals surface area contributed by atoms with Crippen LogP contribution < -0.4 is 0 Å². The van der Waals surface area contributed by atoms with Crippen LogP contribution in [0, 0.1) is 11.8 Å². The van der Waals surface area contributed by atoms with Crippen molar-refractivity contribution in [1.82, 2.24) is 0 Å². The molecule has 0 bridgehead atoms. The Hall–Kier alpha value is 0. The smallest absolute Gasteiger partial charge is 0.0443 e. The Balaban J connectivity index is -0.0000000420. The average molecular weight is 621 g/mol. The first-order valence-corrected chi connectivity index (χ1v) is 21.3. The van der Waals surface area contributed by atoms with Crippen LogP contribution in [0.3, 0.4) is 0 Å². The van der Waals surface area contributed by atoms with Gasteiger partial charge in [-0.05, 0) is 11.8 Å². The van der Waals surface area contributed by atoms with Gasteiger partial charge in [0.1, 0.15) is 0 Å². The van der Waals surface area contributed by atoms with E-state index in [1.807, 2.05) is 125 Å². The second-order valence-electron chi connectivity index (χ2n) is 9.38. The van der Waals surface area contributed by atoms with E-state index in [9.17, 15) is 0 Å². The van der Waals surface area contributed by atoms with Crippen molar-refractivity contribution in [3.63, 3.8) is 0 Å². The molecular weight excluding hydrogens is 516 g/mol. The van der Waals surface area contributed by atoms with E-state index in [0.29, 0.717) is 0 Å². The van der Waals surface area contributed by atoms with Gasteiger partial charge < -0.3 is 0 Å². The molecular formula is C43H104. The monoisotopic (exact) mass is 621 g/mol. The summed E-state index contributed by atoms with van der Waals surface area (Å²) in [4.78, 5) is 0. The minimum atomic E-state index is 1.06. The van der Waals surface area contributed by atoms with Crippen molar-refractivity contribution in [2.24, 2.45) is 11.8 Å². The first-order chi connectivity index (χ1) is 21.3. The summed E-state index contributed by atoms with van der Waals surface area (Å²) in [6.07, 6.45) is 31.4. The molecule has 0 saturated heterocycles. The van der Waals surface area contributed by atoms with Gasteiger partial charge in [0, 0.05) is 0 Å². The minimum absolute atomic E-state index is 1.06. The van der Waals surface area contributed by atoms with E-state index in [1.165, 1.54) is 135 Å². The molecule has 0 aromatic heterocycles. The van der Waals surface area contributed by atoms with E-state index in [4.69, 9.17) is 0 Å². The maximum absolute atomic E-state index is 2.31. The highest BCUT2D eigenvalue weighted by atomic mass is 14.2. The van der Waals surface area contributed by atoms with Gasteiger partial charge in [-0.15, -0.1) is 0 Å².